The molecule has 0 amide bonds. The first kappa shape index (κ1) is 8.08. The zero-order valence-corrected chi connectivity index (χ0v) is 6.83. The van der Waals surface area contributed by atoms with Crippen molar-refractivity contribution >= 4 is 6.08 Å². The Hall–Kier alpha value is -1.54. The quantitative estimate of drug-likeness (QED) is 0.509. The van der Waals surface area contributed by atoms with E-state index < -0.39 is 11.4 Å². The molecule has 66 valence electrons. The number of hydrogen-bond acceptors (Lipinski definition) is 3. The molecule has 0 bridgehead atoms. The zero-order chi connectivity index (χ0) is 9.31. The molecular formula is C9H7FN2O. The van der Waals surface area contributed by atoms with E-state index in [4.69, 9.17) is 0 Å². The van der Waals surface area contributed by atoms with Gasteiger partial charge in [-0.2, -0.15) is 4.99 Å². The molecule has 1 heterocycles. The number of rotatable bonds is 2. The average molecular weight is 178 g/mol. The maximum Gasteiger partial charge on any atom is 0.235 e. The number of aliphatic imine (C=N–C) groups is 1. The number of hydrogen-bond donors (Lipinski definition) is 0. The van der Waals surface area contributed by atoms with Crippen LogP contribution < -0.4 is 0 Å². The number of aromatic nitrogens is 1. The molecule has 3 nitrogen and oxygen atoms in total. The van der Waals surface area contributed by atoms with Crippen molar-refractivity contribution in [3.8, 4) is 0 Å². The SMILES string of the molecule is O=C=NC1(c2cncc(F)c2)CC1. The molecule has 0 aliphatic heterocycles. The predicted octanol–water partition coefficient (Wildman–Crippen LogP) is 1.55. The van der Waals surface area contributed by atoms with Crippen molar-refractivity contribution in [3.63, 3.8) is 0 Å². The molecule has 2 rings (SSSR count). The van der Waals surface area contributed by atoms with Crippen LogP contribution in [0.1, 0.15) is 18.4 Å². The fourth-order valence-corrected chi connectivity index (χ4v) is 1.34. The van der Waals surface area contributed by atoms with E-state index >= 15 is 0 Å². The van der Waals surface area contributed by atoms with Crippen molar-refractivity contribution in [2.45, 2.75) is 18.4 Å². The second kappa shape index (κ2) is 2.75. The number of isocyanates is 1. The molecule has 1 saturated carbocycles. The third-order valence-electron chi connectivity index (χ3n) is 2.23. The number of halogens is 1. The smallest absolute Gasteiger partial charge is 0.235 e. The van der Waals surface area contributed by atoms with Gasteiger partial charge >= 0.3 is 0 Å². The van der Waals surface area contributed by atoms with Crippen LogP contribution in [0.5, 0.6) is 0 Å². The average Bonchev–Trinajstić information content (AvgIpc) is 2.86. The Morgan fingerprint density at radius 3 is 2.85 bits per heavy atom. The summed E-state index contributed by atoms with van der Waals surface area (Å²) in [6, 6.07) is 1.36. The molecule has 0 aromatic carbocycles. The van der Waals surface area contributed by atoms with Gasteiger partial charge in [0.05, 0.1) is 11.7 Å². The van der Waals surface area contributed by atoms with Gasteiger partial charge in [-0.25, -0.2) is 9.18 Å². The van der Waals surface area contributed by atoms with E-state index in [2.05, 4.69) is 9.98 Å². The van der Waals surface area contributed by atoms with E-state index in [-0.39, 0.29) is 0 Å². The summed E-state index contributed by atoms with van der Waals surface area (Å²) in [7, 11) is 0. The second-order valence-electron chi connectivity index (χ2n) is 3.13. The first-order valence-corrected chi connectivity index (χ1v) is 3.97. The highest BCUT2D eigenvalue weighted by atomic mass is 19.1. The molecule has 0 radical (unpaired) electrons. The summed E-state index contributed by atoms with van der Waals surface area (Å²) in [5, 5.41) is 0. The van der Waals surface area contributed by atoms with Crippen LogP contribution in [0.2, 0.25) is 0 Å². The van der Waals surface area contributed by atoms with Crippen molar-refractivity contribution in [1.82, 2.24) is 4.98 Å². The first-order chi connectivity index (χ1) is 6.27. The topological polar surface area (TPSA) is 42.3 Å². The molecule has 1 aromatic heterocycles. The van der Waals surface area contributed by atoms with Crippen LogP contribution in [0.4, 0.5) is 4.39 Å². The van der Waals surface area contributed by atoms with Crippen molar-refractivity contribution in [1.29, 1.82) is 0 Å². The highest BCUT2D eigenvalue weighted by molar-refractivity contribution is 5.40. The molecule has 0 atom stereocenters. The van der Waals surface area contributed by atoms with Crippen LogP contribution in [-0.4, -0.2) is 11.1 Å². The summed E-state index contributed by atoms with van der Waals surface area (Å²) < 4.78 is 12.8. The fraction of sp³-hybridized carbons (Fsp3) is 0.333. The van der Waals surface area contributed by atoms with Gasteiger partial charge in [-0.1, -0.05) is 0 Å². The minimum atomic E-state index is -0.517. The van der Waals surface area contributed by atoms with E-state index in [1.807, 2.05) is 0 Å². The highest BCUT2D eigenvalue weighted by Gasteiger charge is 2.45. The summed E-state index contributed by atoms with van der Waals surface area (Å²) in [5.74, 6) is -0.398. The molecule has 0 unspecified atom stereocenters. The molecule has 1 fully saturated rings. The van der Waals surface area contributed by atoms with E-state index in [0.717, 1.165) is 19.0 Å². The summed E-state index contributed by atoms with van der Waals surface area (Å²) >= 11 is 0. The van der Waals surface area contributed by atoms with Crippen molar-refractivity contribution < 1.29 is 9.18 Å². The van der Waals surface area contributed by atoms with E-state index in [0.29, 0.717) is 5.56 Å². The largest absolute Gasteiger partial charge is 0.261 e. The molecule has 1 aromatic rings. The van der Waals surface area contributed by atoms with E-state index in [1.165, 1.54) is 18.3 Å². The maximum absolute atomic E-state index is 12.8. The first-order valence-electron chi connectivity index (χ1n) is 3.97. The Morgan fingerprint density at radius 2 is 2.31 bits per heavy atom. The van der Waals surface area contributed by atoms with Gasteiger partial charge in [-0.3, -0.25) is 4.98 Å². The lowest BCUT2D eigenvalue weighted by Gasteiger charge is -2.05. The minimum absolute atomic E-state index is 0.398. The maximum atomic E-state index is 12.8. The number of carbonyl (C=O) groups excluding carboxylic acids is 1. The molecule has 13 heavy (non-hydrogen) atoms. The zero-order valence-electron chi connectivity index (χ0n) is 6.83. The van der Waals surface area contributed by atoms with Crippen molar-refractivity contribution in [2.24, 2.45) is 4.99 Å². The van der Waals surface area contributed by atoms with Crippen molar-refractivity contribution in [3.05, 3.63) is 29.8 Å². The summed E-state index contributed by atoms with van der Waals surface area (Å²) in [6.07, 6.45) is 5.72. The van der Waals surface area contributed by atoms with Gasteiger partial charge in [-0.05, 0) is 18.9 Å². The van der Waals surface area contributed by atoms with Gasteiger partial charge in [0.1, 0.15) is 5.82 Å². The minimum Gasteiger partial charge on any atom is -0.261 e. The van der Waals surface area contributed by atoms with Gasteiger partial charge in [0, 0.05) is 11.8 Å². The molecule has 0 N–H and O–H groups in total. The van der Waals surface area contributed by atoms with Crippen LogP contribution in [0.25, 0.3) is 0 Å². The predicted molar refractivity (Wildman–Crippen MR) is 43.2 cm³/mol. The monoisotopic (exact) mass is 178 g/mol. The number of nitrogens with zero attached hydrogens (tertiary/aromatic N) is 2. The molecule has 0 spiro atoms. The Kier molecular flexibility index (Phi) is 1.71. The summed E-state index contributed by atoms with van der Waals surface area (Å²) in [5.41, 5.74) is 0.146. The van der Waals surface area contributed by atoms with Gasteiger partial charge in [0.15, 0.2) is 0 Å². The normalized spacial score (nSPS) is 17.6. The Labute approximate surface area is 74.3 Å². The Balaban J connectivity index is 2.40. The number of pyridine rings is 1. The second-order valence-corrected chi connectivity index (χ2v) is 3.13. The van der Waals surface area contributed by atoms with Crippen LogP contribution in [0, 0.1) is 5.82 Å². The van der Waals surface area contributed by atoms with Crippen LogP contribution in [0.15, 0.2) is 23.5 Å². The Morgan fingerprint density at radius 1 is 1.54 bits per heavy atom. The standard InChI is InChI=1S/C9H7FN2O/c10-8-3-7(4-11-5-8)9(1-2-9)12-6-13/h3-5H,1-2H2. The van der Waals surface area contributed by atoms with Gasteiger partial charge in [-0.15, -0.1) is 0 Å². The molecular weight excluding hydrogens is 171 g/mol. The highest BCUT2D eigenvalue weighted by Crippen LogP contribution is 2.48. The van der Waals surface area contributed by atoms with Gasteiger partial charge in [0.25, 0.3) is 0 Å². The van der Waals surface area contributed by atoms with Gasteiger partial charge < -0.3 is 0 Å². The van der Waals surface area contributed by atoms with Crippen LogP contribution in [0.3, 0.4) is 0 Å². The molecule has 0 saturated heterocycles. The lowest BCUT2D eigenvalue weighted by Crippen LogP contribution is -2.03. The molecule has 1 aliphatic carbocycles. The lowest BCUT2D eigenvalue weighted by atomic mass is 10.1. The molecule has 4 heteroatoms. The fourth-order valence-electron chi connectivity index (χ4n) is 1.34. The van der Waals surface area contributed by atoms with Gasteiger partial charge in [0.2, 0.25) is 6.08 Å². The van der Waals surface area contributed by atoms with Crippen LogP contribution >= 0.6 is 0 Å². The third-order valence-corrected chi connectivity index (χ3v) is 2.23. The third kappa shape index (κ3) is 1.36. The molecule has 1 aliphatic rings. The van der Waals surface area contributed by atoms with E-state index in [1.54, 1.807) is 0 Å². The summed E-state index contributed by atoms with van der Waals surface area (Å²) in [6.45, 7) is 0. The van der Waals surface area contributed by atoms with E-state index in [9.17, 15) is 9.18 Å². The van der Waals surface area contributed by atoms with Crippen molar-refractivity contribution in [2.75, 3.05) is 0 Å². The summed E-state index contributed by atoms with van der Waals surface area (Å²) in [4.78, 5) is 17.5. The lowest BCUT2D eigenvalue weighted by molar-refractivity contribution is 0.555. The van der Waals surface area contributed by atoms with Crippen LogP contribution in [-0.2, 0) is 10.3 Å². The Bertz CT molecular complexity index is 381.